The molecule has 29 heavy (non-hydrogen) atoms. The Morgan fingerprint density at radius 3 is 2.55 bits per heavy atom. The van der Waals surface area contributed by atoms with Crippen molar-refractivity contribution in [3.8, 4) is 11.6 Å². The molecule has 152 valence electrons. The van der Waals surface area contributed by atoms with Gasteiger partial charge in [-0.05, 0) is 50.8 Å². The number of aromatic nitrogens is 3. The van der Waals surface area contributed by atoms with Crippen LogP contribution in [0.25, 0.3) is 11.6 Å². The fourth-order valence-corrected chi connectivity index (χ4v) is 4.81. The molecule has 2 atom stereocenters. The van der Waals surface area contributed by atoms with Gasteiger partial charge in [0.05, 0.1) is 18.6 Å². The first-order chi connectivity index (χ1) is 14.1. The number of likely N-dealkylation sites (tertiary alicyclic amines) is 1. The molecule has 1 saturated heterocycles. The molecule has 0 saturated carbocycles. The Labute approximate surface area is 175 Å². The van der Waals surface area contributed by atoms with Crippen LogP contribution in [0.2, 0.25) is 0 Å². The number of carbonyl (C=O) groups is 1. The Balaban J connectivity index is 1.54. The highest BCUT2D eigenvalue weighted by Gasteiger charge is 2.29. The number of hydrogen-bond acceptors (Lipinski definition) is 5. The largest absolute Gasteiger partial charge is 0.461 e. The quantitative estimate of drug-likeness (QED) is 0.561. The predicted molar refractivity (Wildman–Crippen MR) is 114 cm³/mol. The highest BCUT2D eigenvalue weighted by molar-refractivity contribution is 7.99. The molecular formula is C22H26N4O2S. The number of hydrogen-bond donors (Lipinski definition) is 0. The van der Waals surface area contributed by atoms with Crippen molar-refractivity contribution in [2.45, 2.75) is 56.9 Å². The van der Waals surface area contributed by atoms with Crippen LogP contribution in [0, 0.1) is 0 Å². The van der Waals surface area contributed by atoms with Crippen LogP contribution >= 0.6 is 11.8 Å². The molecular weight excluding hydrogens is 384 g/mol. The van der Waals surface area contributed by atoms with Crippen molar-refractivity contribution in [3.05, 3.63) is 54.3 Å². The average molecular weight is 411 g/mol. The second kappa shape index (κ2) is 8.86. The van der Waals surface area contributed by atoms with Gasteiger partial charge >= 0.3 is 0 Å². The third-order valence-electron chi connectivity index (χ3n) is 5.45. The SMILES string of the molecule is C[C@H]1CCC[C@H](C)N1C(=O)CSc1nnc(-c2ccco2)n1Cc1ccccc1. The van der Waals surface area contributed by atoms with Crippen LogP contribution in [0.4, 0.5) is 0 Å². The summed E-state index contributed by atoms with van der Waals surface area (Å²) >= 11 is 1.45. The van der Waals surface area contributed by atoms with E-state index in [1.165, 1.54) is 18.2 Å². The van der Waals surface area contributed by atoms with E-state index in [2.05, 4.69) is 36.2 Å². The lowest BCUT2D eigenvalue weighted by atomic mass is 9.98. The van der Waals surface area contributed by atoms with Crippen LogP contribution < -0.4 is 0 Å². The van der Waals surface area contributed by atoms with Gasteiger partial charge in [-0.3, -0.25) is 9.36 Å². The molecule has 0 aliphatic carbocycles. The summed E-state index contributed by atoms with van der Waals surface area (Å²) in [5.41, 5.74) is 1.14. The molecule has 1 aliphatic heterocycles. The number of rotatable bonds is 6. The van der Waals surface area contributed by atoms with E-state index in [9.17, 15) is 4.79 Å². The first-order valence-electron chi connectivity index (χ1n) is 10.1. The van der Waals surface area contributed by atoms with E-state index in [1.54, 1.807) is 6.26 Å². The number of carbonyl (C=O) groups excluding carboxylic acids is 1. The first kappa shape index (κ1) is 19.8. The number of benzene rings is 1. The summed E-state index contributed by atoms with van der Waals surface area (Å²) in [4.78, 5) is 15.0. The number of thioether (sulfide) groups is 1. The average Bonchev–Trinajstić information content (AvgIpc) is 3.37. The molecule has 0 N–H and O–H groups in total. The second-order valence-corrected chi connectivity index (χ2v) is 8.52. The van der Waals surface area contributed by atoms with Crippen molar-refractivity contribution >= 4 is 17.7 Å². The lowest BCUT2D eigenvalue weighted by molar-refractivity contribution is -0.134. The third-order valence-corrected chi connectivity index (χ3v) is 6.40. The van der Waals surface area contributed by atoms with Crippen LogP contribution in [0.5, 0.6) is 0 Å². The van der Waals surface area contributed by atoms with E-state index in [4.69, 9.17) is 4.42 Å². The van der Waals surface area contributed by atoms with Gasteiger partial charge in [0, 0.05) is 12.1 Å². The lowest BCUT2D eigenvalue weighted by Crippen LogP contribution is -2.48. The van der Waals surface area contributed by atoms with Crippen molar-refractivity contribution in [3.63, 3.8) is 0 Å². The zero-order chi connectivity index (χ0) is 20.2. The van der Waals surface area contributed by atoms with Gasteiger partial charge in [-0.15, -0.1) is 10.2 Å². The van der Waals surface area contributed by atoms with Crippen molar-refractivity contribution in [1.82, 2.24) is 19.7 Å². The van der Waals surface area contributed by atoms with Crippen LogP contribution in [-0.2, 0) is 11.3 Å². The summed E-state index contributed by atoms with van der Waals surface area (Å²) in [6.45, 7) is 4.91. The molecule has 0 spiro atoms. The molecule has 7 heteroatoms. The number of nitrogens with zero attached hydrogens (tertiary/aromatic N) is 4. The smallest absolute Gasteiger partial charge is 0.233 e. The summed E-state index contributed by atoms with van der Waals surface area (Å²) in [7, 11) is 0. The van der Waals surface area contributed by atoms with E-state index < -0.39 is 0 Å². The second-order valence-electron chi connectivity index (χ2n) is 7.57. The van der Waals surface area contributed by atoms with Crippen LogP contribution in [0.1, 0.15) is 38.7 Å². The van der Waals surface area contributed by atoms with Gasteiger partial charge in [-0.2, -0.15) is 0 Å². The van der Waals surface area contributed by atoms with Crippen LogP contribution in [0.3, 0.4) is 0 Å². The Morgan fingerprint density at radius 2 is 1.86 bits per heavy atom. The fraction of sp³-hybridized carbons (Fsp3) is 0.409. The topological polar surface area (TPSA) is 64.2 Å². The highest BCUT2D eigenvalue weighted by atomic mass is 32.2. The van der Waals surface area contributed by atoms with Crippen LogP contribution in [0.15, 0.2) is 58.3 Å². The normalized spacial score (nSPS) is 19.4. The van der Waals surface area contributed by atoms with Crippen molar-refractivity contribution in [2.24, 2.45) is 0 Å². The standard InChI is InChI=1S/C22H26N4O2S/c1-16-8-6-9-17(2)26(16)20(27)15-29-22-24-23-21(19-12-7-13-28-19)25(22)14-18-10-4-3-5-11-18/h3-5,7,10-13,16-17H,6,8-9,14-15H2,1-2H3/t16-,17-/m0/s1. The molecule has 0 unspecified atom stereocenters. The minimum atomic E-state index is 0.170. The molecule has 4 rings (SSSR count). The lowest BCUT2D eigenvalue weighted by Gasteiger charge is -2.39. The number of amides is 1. The molecule has 3 heterocycles. The van der Waals surface area contributed by atoms with Crippen molar-refractivity contribution < 1.29 is 9.21 Å². The Hall–Kier alpha value is -2.54. The molecule has 1 aromatic carbocycles. The highest BCUT2D eigenvalue weighted by Crippen LogP contribution is 2.28. The van der Waals surface area contributed by atoms with Gasteiger partial charge in [0.25, 0.3) is 0 Å². The van der Waals surface area contributed by atoms with Gasteiger partial charge in [0.1, 0.15) is 0 Å². The van der Waals surface area contributed by atoms with E-state index in [0.717, 1.165) is 23.6 Å². The molecule has 6 nitrogen and oxygen atoms in total. The van der Waals surface area contributed by atoms with Crippen molar-refractivity contribution in [1.29, 1.82) is 0 Å². The minimum absolute atomic E-state index is 0.170. The molecule has 1 fully saturated rings. The molecule has 2 aromatic heterocycles. The fourth-order valence-electron chi connectivity index (χ4n) is 4.01. The van der Waals surface area contributed by atoms with Gasteiger partial charge < -0.3 is 9.32 Å². The number of piperidine rings is 1. The minimum Gasteiger partial charge on any atom is -0.461 e. The summed E-state index contributed by atoms with van der Waals surface area (Å²) in [5.74, 6) is 1.88. The molecule has 0 bridgehead atoms. The Bertz CT molecular complexity index is 929. The van der Waals surface area contributed by atoms with Gasteiger partial charge in [0.15, 0.2) is 10.9 Å². The molecule has 1 aliphatic rings. The van der Waals surface area contributed by atoms with E-state index >= 15 is 0 Å². The Morgan fingerprint density at radius 1 is 1.10 bits per heavy atom. The zero-order valence-corrected chi connectivity index (χ0v) is 17.6. The number of furan rings is 1. The van der Waals surface area contributed by atoms with Crippen LogP contribution in [-0.4, -0.2) is 43.4 Å². The van der Waals surface area contributed by atoms with E-state index in [0.29, 0.717) is 36.0 Å². The zero-order valence-electron chi connectivity index (χ0n) is 16.8. The predicted octanol–water partition coefficient (Wildman–Crippen LogP) is 4.47. The summed E-state index contributed by atoms with van der Waals surface area (Å²) in [5, 5.41) is 9.44. The maximum atomic E-state index is 12.9. The molecule has 3 aromatic rings. The van der Waals surface area contributed by atoms with Crippen molar-refractivity contribution in [2.75, 3.05) is 5.75 Å². The van der Waals surface area contributed by atoms with E-state index in [-0.39, 0.29) is 5.91 Å². The summed E-state index contributed by atoms with van der Waals surface area (Å²) in [6, 6.07) is 14.5. The van der Waals surface area contributed by atoms with Gasteiger partial charge in [-0.25, -0.2) is 0 Å². The van der Waals surface area contributed by atoms with E-state index in [1.807, 2.05) is 39.8 Å². The van der Waals surface area contributed by atoms with Gasteiger partial charge in [-0.1, -0.05) is 42.1 Å². The monoisotopic (exact) mass is 410 g/mol. The molecule has 0 radical (unpaired) electrons. The molecule has 1 amide bonds. The third kappa shape index (κ3) is 4.40. The van der Waals surface area contributed by atoms with Gasteiger partial charge in [0.2, 0.25) is 11.7 Å². The summed E-state index contributed by atoms with van der Waals surface area (Å²) in [6.07, 6.45) is 4.98. The maximum Gasteiger partial charge on any atom is 0.233 e. The Kier molecular flexibility index (Phi) is 6.04. The first-order valence-corrected chi connectivity index (χ1v) is 11.1. The summed E-state index contributed by atoms with van der Waals surface area (Å²) < 4.78 is 7.58. The maximum absolute atomic E-state index is 12.9.